The SMILES string of the molecule is CCc1cc(C(F)(F)F)ccc1CCC(=O)O. The van der Waals surface area contributed by atoms with Crippen molar-refractivity contribution in [1.82, 2.24) is 0 Å². The first-order valence-corrected chi connectivity index (χ1v) is 5.25. The van der Waals surface area contributed by atoms with Crippen LogP contribution in [0.4, 0.5) is 13.2 Å². The summed E-state index contributed by atoms with van der Waals surface area (Å²) in [6.45, 7) is 1.75. The minimum Gasteiger partial charge on any atom is -0.481 e. The summed E-state index contributed by atoms with van der Waals surface area (Å²) in [6, 6.07) is 3.46. The van der Waals surface area contributed by atoms with Crippen LogP contribution in [-0.2, 0) is 23.8 Å². The van der Waals surface area contributed by atoms with Crippen molar-refractivity contribution >= 4 is 5.97 Å². The maximum Gasteiger partial charge on any atom is 0.416 e. The molecule has 0 aliphatic heterocycles. The Morgan fingerprint density at radius 2 is 1.94 bits per heavy atom. The maximum absolute atomic E-state index is 12.5. The van der Waals surface area contributed by atoms with E-state index in [1.807, 2.05) is 0 Å². The highest BCUT2D eigenvalue weighted by Crippen LogP contribution is 2.31. The van der Waals surface area contributed by atoms with Crippen molar-refractivity contribution in [3.05, 3.63) is 34.9 Å². The van der Waals surface area contributed by atoms with Gasteiger partial charge in [0, 0.05) is 6.42 Å². The molecule has 0 radical (unpaired) electrons. The summed E-state index contributed by atoms with van der Waals surface area (Å²) in [7, 11) is 0. The van der Waals surface area contributed by atoms with Crippen LogP contribution in [0.2, 0.25) is 0 Å². The minimum absolute atomic E-state index is 0.0711. The molecule has 1 N–H and O–H groups in total. The zero-order valence-corrected chi connectivity index (χ0v) is 9.34. The number of carboxylic acids is 1. The van der Waals surface area contributed by atoms with E-state index in [9.17, 15) is 18.0 Å². The first-order valence-electron chi connectivity index (χ1n) is 5.25. The molecule has 0 heterocycles. The van der Waals surface area contributed by atoms with Crippen LogP contribution in [0.15, 0.2) is 18.2 Å². The van der Waals surface area contributed by atoms with Crippen LogP contribution in [0, 0.1) is 0 Å². The average molecular weight is 246 g/mol. The number of hydrogen-bond donors (Lipinski definition) is 1. The Bertz CT molecular complexity index is 411. The Balaban J connectivity index is 2.97. The number of alkyl halides is 3. The molecule has 0 unspecified atom stereocenters. The van der Waals surface area contributed by atoms with E-state index in [2.05, 4.69) is 0 Å². The van der Waals surface area contributed by atoms with Gasteiger partial charge in [0.25, 0.3) is 0 Å². The number of aliphatic carboxylic acids is 1. The standard InChI is InChI=1S/C12H13F3O2/c1-2-8-7-10(12(13,14)15)5-3-9(8)4-6-11(16)17/h3,5,7H,2,4,6H2,1H3,(H,16,17). The van der Waals surface area contributed by atoms with E-state index < -0.39 is 17.7 Å². The summed E-state index contributed by atoms with van der Waals surface area (Å²) in [5.41, 5.74) is 0.539. The van der Waals surface area contributed by atoms with Crippen LogP contribution in [0.5, 0.6) is 0 Å². The fourth-order valence-corrected chi connectivity index (χ4v) is 1.62. The second-order valence-electron chi connectivity index (χ2n) is 3.73. The van der Waals surface area contributed by atoms with E-state index >= 15 is 0 Å². The molecule has 2 nitrogen and oxygen atoms in total. The number of carboxylic acid groups (broad SMARTS) is 1. The molecule has 1 rings (SSSR count). The third kappa shape index (κ3) is 3.76. The topological polar surface area (TPSA) is 37.3 Å². The minimum atomic E-state index is -4.35. The van der Waals surface area contributed by atoms with E-state index in [1.165, 1.54) is 6.07 Å². The molecule has 0 atom stereocenters. The number of carbonyl (C=O) groups is 1. The van der Waals surface area contributed by atoms with Gasteiger partial charge in [0.1, 0.15) is 0 Å². The Labute approximate surface area is 97.1 Å². The van der Waals surface area contributed by atoms with E-state index in [0.717, 1.165) is 12.1 Å². The zero-order chi connectivity index (χ0) is 13.1. The molecule has 0 aromatic heterocycles. The molecule has 5 heteroatoms. The molecule has 0 saturated carbocycles. The Morgan fingerprint density at radius 3 is 2.41 bits per heavy atom. The van der Waals surface area contributed by atoms with Gasteiger partial charge in [-0.25, -0.2) is 0 Å². The van der Waals surface area contributed by atoms with E-state index in [4.69, 9.17) is 5.11 Å². The predicted molar refractivity (Wildman–Crippen MR) is 56.8 cm³/mol. The van der Waals surface area contributed by atoms with Crippen LogP contribution in [0.25, 0.3) is 0 Å². The van der Waals surface area contributed by atoms with E-state index in [1.54, 1.807) is 6.92 Å². The molecule has 0 amide bonds. The third-order valence-corrected chi connectivity index (χ3v) is 2.52. The zero-order valence-electron chi connectivity index (χ0n) is 9.34. The summed E-state index contributed by atoms with van der Waals surface area (Å²) < 4.78 is 37.4. The smallest absolute Gasteiger partial charge is 0.416 e. The molecule has 1 aromatic carbocycles. The summed E-state index contributed by atoms with van der Waals surface area (Å²) in [4.78, 5) is 10.4. The average Bonchev–Trinajstić information content (AvgIpc) is 2.24. The highest BCUT2D eigenvalue weighted by atomic mass is 19.4. The van der Waals surface area contributed by atoms with Gasteiger partial charge in [-0.2, -0.15) is 13.2 Å². The molecule has 0 aliphatic carbocycles. The van der Waals surface area contributed by atoms with Gasteiger partial charge in [-0.1, -0.05) is 13.0 Å². The molecule has 0 bridgehead atoms. The van der Waals surface area contributed by atoms with E-state index in [-0.39, 0.29) is 12.8 Å². The highest BCUT2D eigenvalue weighted by molar-refractivity contribution is 5.67. The molecule has 94 valence electrons. The van der Waals surface area contributed by atoms with Crippen LogP contribution in [0.1, 0.15) is 30.0 Å². The first kappa shape index (κ1) is 13.5. The van der Waals surface area contributed by atoms with Crippen LogP contribution < -0.4 is 0 Å². The lowest BCUT2D eigenvalue weighted by Gasteiger charge is -2.12. The van der Waals surface area contributed by atoms with Gasteiger partial charge in [0.15, 0.2) is 0 Å². The molecule has 1 aromatic rings. The molecule has 0 saturated heterocycles. The molecular formula is C12H13F3O2. The van der Waals surface area contributed by atoms with Crippen molar-refractivity contribution < 1.29 is 23.1 Å². The van der Waals surface area contributed by atoms with Crippen molar-refractivity contribution in [1.29, 1.82) is 0 Å². The van der Waals surface area contributed by atoms with E-state index in [0.29, 0.717) is 17.5 Å². The second kappa shape index (κ2) is 5.21. The first-order chi connectivity index (χ1) is 7.84. The van der Waals surface area contributed by atoms with Gasteiger partial charge < -0.3 is 5.11 Å². The quantitative estimate of drug-likeness (QED) is 0.885. The summed E-state index contributed by atoms with van der Waals surface area (Å²) in [5, 5.41) is 8.54. The van der Waals surface area contributed by atoms with Gasteiger partial charge >= 0.3 is 12.1 Å². The van der Waals surface area contributed by atoms with Gasteiger partial charge in [0.2, 0.25) is 0 Å². The predicted octanol–water partition coefficient (Wildman–Crippen LogP) is 3.29. The number of halogens is 3. The Hall–Kier alpha value is -1.52. The number of hydrogen-bond acceptors (Lipinski definition) is 1. The lowest BCUT2D eigenvalue weighted by Crippen LogP contribution is -2.07. The monoisotopic (exact) mass is 246 g/mol. The number of aryl methyl sites for hydroxylation is 2. The van der Waals surface area contributed by atoms with Crippen LogP contribution in [-0.4, -0.2) is 11.1 Å². The summed E-state index contributed by atoms with van der Waals surface area (Å²) in [5.74, 6) is -0.952. The van der Waals surface area contributed by atoms with Crippen molar-refractivity contribution in [3.8, 4) is 0 Å². The second-order valence-corrected chi connectivity index (χ2v) is 3.73. The fourth-order valence-electron chi connectivity index (χ4n) is 1.62. The third-order valence-electron chi connectivity index (χ3n) is 2.52. The number of rotatable bonds is 4. The van der Waals surface area contributed by atoms with Crippen molar-refractivity contribution in [2.75, 3.05) is 0 Å². The van der Waals surface area contributed by atoms with Crippen LogP contribution in [0.3, 0.4) is 0 Å². The lowest BCUT2D eigenvalue weighted by atomic mass is 9.98. The molecule has 0 fully saturated rings. The van der Waals surface area contributed by atoms with Gasteiger partial charge in [-0.05, 0) is 36.1 Å². The molecular weight excluding hydrogens is 233 g/mol. The lowest BCUT2D eigenvalue weighted by molar-refractivity contribution is -0.138. The van der Waals surface area contributed by atoms with Gasteiger partial charge in [-0.3, -0.25) is 4.79 Å². The van der Waals surface area contributed by atoms with Gasteiger partial charge in [-0.15, -0.1) is 0 Å². The molecule has 0 spiro atoms. The fraction of sp³-hybridized carbons (Fsp3) is 0.417. The van der Waals surface area contributed by atoms with Crippen molar-refractivity contribution in [3.63, 3.8) is 0 Å². The van der Waals surface area contributed by atoms with Gasteiger partial charge in [0.05, 0.1) is 5.56 Å². The molecule has 0 aliphatic rings. The maximum atomic E-state index is 12.5. The molecule has 17 heavy (non-hydrogen) atoms. The Kier molecular flexibility index (Phi) is 4.15. The van der Waals surface area contributed by atoms with Crippen molar-refractivity contribution in [2.24, 2.45) is 0 Å². The highest BCUT2D eigenvalue weighted by Gasteiger charge is 2.30. The van der Waals surface area contributed by atoms with Crippen molar-refractivity contribution in [2.45, 2.75) is 32.4 Å². The van der Waals surface area contributed by atoms with Crippen LogP contribution >= 0.6 is 0 Å². The summed E-state index contributed by atoms with van der Waals surface area (Å²) in [6.07, 6.45) is -3.71. The number of benzene rings is 1. The largest absolute Gasteiger partial charge is 0.481 e. The summed E-state index contributed by atoms with van der Waals surface area (Å²) >= 11 is 0. The Morgan fingerprint density at radius 1 is 1.29 bits per heavy atom. The normalized spacial score (nSPS) is 11.5.